The van der Waals surface area contributed by atoms with Gasteiger partial charge < -0.3 is 5.21 Å². The molecule has 68 valence electrons. The Balaban J connectivity index is 2.97. The third kappa shape index (κ3) is 1.08. The maximum Gasteiger partial charge on any atom is 0.110 e. The van der Waals surface area contributed by atoms with E-state index in [0.717, 1.165) is 32.6 Å². The van der Waals surface area contributed by atoms with Crippen LogP contribution in [-0.4, -0.2) is 15.2 Å². The van der Waals surface area contributed by atoms with E-state index in [1.54, 1.807) is 0 Å². The van der Waals surface area contributed by atoms with Crippen molar-refractivity contribution in [3.63, 3.8) is 0 Å². The highest BCUT2D eigenvalue weighted by Crippen LogP contribution is 2.22. The van der Waals surface area contributed by atoms with Gasteiger partial charge in [0.1, 0.15) is 5.52 Å². The Bertz CT molecular complexity index is 471. The third-order valence-electron chi connectivity index (χ3n) is 2.28. The Kier molecular flexibility index (Phi) is 1.55. The Morgan fingerprint density at radius 2 is 1.92 bits per heavy atom. The molecule has 13 heavy (non-hydrogen) atoms. The molecule has 2 aromatic rings. The number of hydrogen-bond acceptors (Lipinski definition) is 2. The van der Waals surface area contributed by atoms with Crippen LogP contribution in [0, 0.1) is 20.8 Å². The molecule has 0 saturated carbocycles. The molecule has 0 saturated heterocycles. The molecule has 1 aromatic carbocycles. The first kappa shape index (κ1) is 8.10. The van der Waals surface area contributed by atoms with Crippen molar-refractivity contribution in [2.45, 2.75) is 20.8 Å². The number of aryl methyl sites for hydroxylation is 3. The molecule has 0 atom stereocenters. The van der Waals surface area contributed by atoms with Crippen molar-refractivity contribution in [2.75, 3.05) is 0 Å². The zero-order valence-electron chi connectivity index (χ0n) is 8.00. The average molecular weight is 176 g/mol. The molecule has 0 aliphatic rings. The lowest BCUT2D eigenvalue weighted by atomic mass is 10.1. The van der Waals surface area contributed by atoms with Crippen LogP contribution in [0.15, 0.2) is 12.1 Å². The van der Waals surface area contributed by atoms with Crippen molar-refractivity contribution >= 4 is 10.9 Å². The monoisotopic (exact) mass is 176 g/mol. The largest absolute Gasteiger partial charge is 0.411 e. The van der Waals surface area contributed by atoms with Crippen LogP contribution in [0.5, 0.6) is 0 Å². The second-order valence-electron chi connectivity index (χ2n) is 3.45. The minimum absolute atomic E-state index is 0.787. The van der Waals surface area contributed by atoms with Crippen molar-refractivity contribution in [3.05, 3.63) is 29.0 Å². The molecular formula is C10H12N2O. The second-order valence-corrected chi connectivity index (χ2v) is 3.45. The first-order chi connectivity index (χ1) is 6.09. The summed E-state index contributed by atoms with van der Waals surface area (Å²) < 4.78 is 0. The van der Waals surface area contributed by atoms with E-state index >= 15 is 0 Å². The SMILES string of the molecule is Cc1cc(C)c2c(C)nn(O)c2c1. The van der Waals surface area contributed by atoms with Gasteiger partial charge in [0, 0.05) is 5.39 Å². The molecule has 0 radical (unpaired) electrons. The molecule has 0 aliphatic carbocycles. The molecule has 0 unspecified atom stereocenters. The molecule has 1 N–H and O–H groups in total. The van der Waals surface area contributed by atoms with Crippen molar-refractivity contribution in [2.24, 2.45) is 0 Å². The summed E-state index contributed by atoms with van der Waals surface area (Å²) in [6.45, 7) is 5.94. The lowest BCUT2D eigenvalue weighted by Crippen LogP contribution is -1.91. The van der Waals surface area contributed by atoms with Crippen molar-refractivity contribution < 1.29 is 5.21 Å². The van der Waals surface area contributed by atoms with Crippen LogP contribution in [0.1, 0.15) is 16.8 Å². The van der Waals surface area contributed by atoms with Gasteiger partial charge in [-0.25, -0.2) is 0 Å². The molecule has 2 rings (SSSR count). The van der Waals surface area contributed by atoms with E-state index in [1.807, 2.05) is 26.8 Å². The molecular weight excluding hydrogens is 164 g/mol. The Morgan fingerprint density at radius 1 is 1.23 bits per heavy atom. The Morgan fingerprint density at radius 3 is 2.62 bits per heavy atom. The summed E-state index contributed by atoms with van der Waals surface area (Å²) in [5.74, 6) is 0. The maximum atomic E-state index is 9.45. The van der Waals surface area contributed by atoms with E-state index in [0.29, 0.717) is 0 Å². The molecule has 0 spiro atoms. The third-order valence-corrected chi connectivity index (χ3v) is 2.28. The fourth-order valence-electron chi connectivity index (χ4n) is 1.82. The highest BCUT2D eigenvalue weighted by molar-refractivity contribution is 5.85. The van der Waals surface area contributed by atoms with E-state index in [1.165, 1.54) is 0 Å². The number of hydrogen-bond donors (Lipinski definition) is 1. The van der Waals surface area contributed by atoms with Gasteiger partial charge >= 0.3 is 0 Å². The van der Waals surface area contributed by atoms with Gasteiger partial charge in [0.2, 0.25) is 0 Å². The van der Waals surface area contributed by atoms with Gasteiger partial charge in [-0.1, -0.05) is 6.07 Å². The molecule has 0 fully saturated rings. The summed E-state index contributed by atoms with van der Waals surface area (Å²) >= 11 is 0. The van der Waals surface area contributed by atoms with Crippen LogP contribution in [0.3, 0.4) is 0 Å². The second kappa shape index (κ2) is 2.49. The van der Waals surface area contributed by atoms with Gasteiger partial charge in [-0.05, 0) is 38.0 Å². The summed E-state index contributed by atoms with van der Waals surface area (Å²) in [6.07, 6.45) is 0. The molecule has 1 heterocycles. The number of nitrogens with zero attached hydrogens (tertiary/aromatic N) is 2. The van der Waals surface area contributed by atoms with E-state index in [-0.39, 0.29) is 0 Å². The number of fused-ring (bicyclic) bond motifs is 1. The summed E-state index contributed by atoms with van der Waals surface area (Å²) in [5.41, 5.74) is 3.96. The van der Waals surface area contributed by atoms with Crippen molar-refractivity contribution in [1.29, 1.82) is 0 Å². The normalized spacial score (nSPS) is 11.0. The van der Waals surface area contributed by atoms with Crippen LogP contribution in [0.25, 0.3) is 10.9 Å². The standard InChI is InChI=1S/C10H12N2O/c1-6-4-7(2)10-8(3)11-12(13)9(10)5-6/h4-5,13H,1-3H3. The zero-order valence-corrected chi connectivity index (χ0v) is 8.00. The summed E-state index contributed by atoms with van der Waals surface area (Å²) in [6, 6.07) is 4.03. The molecule has 0 amide bonds. The fraction of sp³-hybridized carbons (Fsp3) is 0.300. The van der Waals surface area contributed by atoms with Crippen molar-refractivity contribution in [1.82, 2.24) is 9.94 Å². The summed E-state index contributed by atoms with van der Waals surface area (Å²) in [5, 5.41) is 14.5. The number of aromatic nitrogens is 2. The van der Waals surface area contributed by atoms with Crippen LogP contribution >= 0.6 is 0 Å². The van der Waals surface area contributed by atoms with Crippen molar-refractivity contribution in [3.8, 4) is 0 Å². The minimum Gasteiger partial charge on any atom is -0.411 e. The average Bonchev–Trinajstić information content (AvgIpc) is 2.27. The maximum absolute atomic E-state index is 9.45. The lowest BCUT2D eigenvalue weighted by Gasteiger charge is -1.99. The van der Waals surface area contributed by atoms with Gasteiger partial charge in [-0.3, -0.25) is 0 Å². The zero-order chi connectivity index (χ0) is 9.59. The molecule has 0 aliphatic heterocycles. The molecule has 3 nitrogen and oxygen atoms in total. The van der Waals surface area contributed by atoms with Crippen LogP contribution in [0.2, 0.25) is 0 Å². The number of benzene rings is 1. The van der Waals surface area contributed by atoms with Crippen LogP contribution in [0.4, 0.5) is 0 Å². The minimum atomic E-state index is 0.787. The van der Waals surface area contributed by atoms with E-state index in [9.17, 15) is 5.21 Å². The van der Waals surface area contributed by atoms with Gasteiger partial charge in [-0.2, -0.15) is 0 Å². The smallest absolute Gasteiger partial charge is 0.110 e. The van der Waals surface area contributed by atoms with E-state index in [2.05, 4.69) is 11.2 Å². The molecule has 3 heteroatoms. The summed E-state index contributed by atoms with van der Waals surface area (Å²) in [7, 11) is 0. The Labute approximate surface area is 76.6 Å². The summed E-state index contributed by atoms with van der Waals surface area (Å²) in [4.78, 5) is 0.949. The topological polar surface area (TPSA) is 38.0 Å². The first-order valence-corrected chi connectivity index (χ1v) is 4.25. The fourth-order valence-corrected chi connectivity index (χ4v) is 1.82. The van der Waals surface area contributed by atoms with E-state index in [4.69, 9.17) is 0 Å². The molecule has 1 aromatic heterocycles. The predicted octanol–water partition coefficient (Wildman–Crippen LogP) is 2.20. The van der Waals surface area contributed by atoms with Crippen LogP contribution < -0.4 is 0 Å². The van der Waals surface area contributed by atoms with Crippen LogP contribution in [-0.2, 0) is 0 Å². The molecule has 0 bridgehead atoms. The van der Waals surface area contributed by atoms with Gasteiger partial charge in [0.15, 0.2) is 0 Å². The van der Waals surface area contributed by atoms with Gasteiger partial charge in [-0.15, -0.1) is 9.94 Å². The highest BCUT2D eigenvalue weighted by Gasteiger charge is 2.08. The van der Waals surface area contributed by atoms with E-state index < -0.39 is 0 Å². The predicted molar refractivity (Wildman–Crippen MR) is 51.1 cm³/mol. The number of rotatable bonds is 0. The lowest BCUT2D eigenvalue weighted by molar-refractivity contribution is 0.160. The van der Waals surface area contributed by atoms with Gasteiger partial charge in [0.05, 0.1) is 5.69 Å². The highest BCUT2D eigenvalue weighted by atomic mass is 16.5. The van der Waals surface area contributed by atoms with Gasteiger partial charge in [0.25, 0.3) is 0 Å². The quantitative estimate of drug-likeness (QED) is 0.625. The Hall–Kier alpha value is -1.51. The first-order valence-electron chi connectivity index (χ1n) is 4.25.